The largest absolute Gasteiger partial charge is 0.368 e. The van der Waals surface area contributed by atoms with Gasteiger partial charge in [-0.15, -0.1) is 0 Å². The summed E-state index contributed by atoms with van der Waals surface area (Å²) < 4.78 is 0. The SMILES string of the molecule is CCC(=O)N1CCN(c2ccc(NC(=O)c3cccc([N+](=O)[O-])c3)cc2)CC1. The Morgan fingerprint density at radius 2 is 1.75 bits per heavy atom. The first kappa shape index (κ1) is 19.3. The maximum Gasteiger partial charge on any atom is 0.270 e. The number of hydrogen-bond acceptors (Lipinski definition) is 5. The van der Waals surface area contributed by atoms with E-state index in [-0.39, 0.29) is 17.2 Å². The van der Waals surface area contributed by atoms with Crippen LogP contribution >= 0.6 is 0 Å². The molecule has 1 saturated heterocycles. The number of carbonyl (C=O) groups excluding carboxylic acids is 2. The van der Waals surface area contributed by atoms with Crippen LogP contribution in [0.5, 0.6) is 0 Å². The molecule has 2 aromatic carbocycles. The Kier molecular flexibility index (Phi) is 5.88. The van der Waals surface area contributed by atoms with Crippen molar-refractivity contribution >= 4 is 28.9 Å². The highest BCUT2D eigenvalue weighted by atomic mass is 16.6. The van der Waals surface area contributed by atoms with E-state index in [1.54, 1.807) is 12.1 Å². The Labute approximate surface area is 162 Å². The number of amides is 2. The highest BCUT2D eigenvalue weighted by Crippen LogP contribution is 2.21. The lowest BCUT2D eigenvalue weighted by atomic mass is 10.1. The second kappa shape index (κ2) is 8.51. The van der Waals surface area contributed by atoms with Crippen molar-refractivity contribution in [3.8, 4) is 0 Å². The molecular weight excluding hydrogens is 360 g/mol. The predicted molar refractivity (Wildman–Crippen MR) is 107 cm³/mol. The third kappa shape index (κ3) is 4.46. The van der Waals surface area contributed by atoms with Gasteiger partial charge in [-0.25, -0.2) is 0 Å². The van der Waals surface area contributed by atoms with Crippen LogP contribution in [0, 0.1) is 10.1 Å². The van der Waals surface area contributed by atoms with Gasteiger partial charge in [-0.3, -0.25) is 19.7 Å². The van der Waals surface area contributed by atoms with Gasteiger partial charge in [0.1, 0.15) is 0 Å². The van der Waals surface area contributed by atoms with Crippen molar-refractivity contribution in [3.63, 3.8) is 0 Å². The van der Waals surface area contributed by atoms with Gasteiger partial charge in [0.05, 0.1) is 4.92 Å². The summed E-state index contributed by atoms with van der Waals surface area (Å²) in [5.41, 5.74) is 1.75. The van der Waals surface area contributed by atoms with Crippen LogP contribution in [0.3, 0.4) is 0 Å². The maximum absolute atomic E-state index is 12.3. The molecule has 0 radical (unpaired) electrons. The zero-order valence-electron chi connectivity index (χ0n) is 15.6. The zero-order chi connectivity index (χ0) is 20.1. The highest BCUT2D eigenvalue weighted by molar-refractivity contribution is 6.04. The molecule has 8 nitrogen and oxygen atoms in total. The summed E-state index contributed by atoms with van der Waals surface area (Å²) in [6.07, 6.45) is 0.527. The van der Waals surface area contributed by atoms with Crippen molar-refractivity contribution in [1.82, 2.24) is 4.90 Å². The van der Waals surface area contributed by atoms with E-state index in [0.717, 1.165) is 18.8 Å². The van der Waals surface area contributed by atoms with Crippen LogP contribution in [0.25, 0.3) is 0 Å². The topological polar surface area (TPSA) is 95.8 Å². The van der Waals surface area contributed by atoms with Gasteiger partial charge < -0.3 is 15.1 Å². The van der Waals surface area contributed by atoms with E-state index in [9.17, 15) is 19.7 Å². The number of benzene rings is 2. The average Bonchev–Trinajstić information content (AvgIpc) is 2.74. The standard InChI is InChI=1S/C20H22N4O4/c1-2-19(25)23-12-10-22(11-13-23)17-8-6-16(7-9-17)21-20(26)15-4-3-5-18(14-15)24(27)28/h3-9,14H,2,10-13H2,1H3,(H,21,26). The van der Waals surface area contributed by atoms with E-state index >= 15 is 0 Å². The van der Waals surface area contributed by atoms with Crippen molar-refractivity contribution in [2.45, 2.75) is 13.3 Å². The van der Waals surface area contributed by atoms with E-state index in [2.05, 4.69) is 10.2 Å². The molecule has 146 valence electrons. The summed E-state index contributed by atoms with van der Waals surface area (Å²) in [4.78, 5) is 38.5. The minimum absolute atomic E-state index is 0.122. The zero-order valence-corrected chi connectivity index (χ0v) is 15.6. The van der Waals surface area contributed by atoms with Gasteiger partial charge in [0.25, 0.3) is 11.6 Å². The number of nitro benzene ring substituents is 1. The molecule has 1 aliphatic heterocycles. The number of nitro groups is 1. The molecule has 3 rings (SSSR count). The molecule has 0 aliphatic carbocycles. The number of nitrogens with one attached hydrogen (secondary N) is 1. The molecule has 0 saturated carbocycles. The lowest BCUT2D eigenvalue weighted by Gasteiger charge is -2.36. The fourth-order valence-electron chi connectivity index (χ4n) is 3.16. The number of hydrogen-bond donors (Lipinski definition) is 1. The number of piperazine rings is 1. The van der Waals surface area contributed by atoms with Gasteiger partial charge in [-0.2, -0.15) is 0 Å². The summed E-state index contributed by atoms with van der Waals surface area (Å²) in [7, 11) is 0. The normalized spacial score (nSPS) is 13.9. The number of nitrogens with zero attached hydrogens (tertiary/aromatic N) is 3. The molecule has 8 heteroatoms. The van der Waals surface area contributed by atoms with Gasteiger partial charge >= 0.3 is 0 Å². The number of rotatable bonds is 5. The van der Waals surface area contributed by atoms with Crippen molar-refractivity contribution in [2.24, 2.45) is 0 Å². The van der Waals surface area contributed by atoms with Crippen LogP contribution in [0.1, 0.15) is 23.7 Å². The summed E-state index contributed by atoms with van der Waals surface area (Å²) in [5, 5.41) is 13.6. The lowest BCUT2D eigenvalue weighted by molar-refractivity contribution is -0.384. The summed E-state index contributed by atoms with van der Waals surface area (Å²) in [6, 6.07) is 13.1. The second-order valence-electron chi connectivity index (χ2n) is 6.53. The maximum atomic E-state index is 12.3. The van der Waals surface area contributed by atoms with Crippen LogP contribution in [-0.2, 0) is 4.79 Å². The molecule has 1 N–H and O–H groups in total. The molecule has 0 spiro atoms. The van der Waals surface area contributed by atoms with Crippen molar-refractivity contribution < 1.29 is 14.5 Å². The van der Waals surface area contributed by atoms with Gasteiger partial charge in [0.2, 0.25) is 5.91 Å². The average molecular weight is 382 g/mol. The fourth-order valence-corrected chi connectivity index (χ4v) is 3.16. The molecule has 1 fully saturated rings. The summed E-state index contributed by atoms with van der Waals surface area (Å²) >= 11 is 0. The summed E-state index contributed by atoms with van der Waals surface area (Å²) in [6.45, 7) is 4.82. The van der Waals surface area contributed by atoms with Crippen molar-refractivity contribution in [1.29, 1.82) is 0 Å². The third-order valence-corrected chi connectivity index (χ3v) is 4.74. The Balaban J connectivity index is 1.60. The number of carbonyl (C=O) groups is 2. The molecular formula is C20H22N4O4. The molecule has 0 unspecified atom stereocenters. The molecule has 0 bridgehead atoms. The Morgan fingerprint density at radius 1 is 1.07 bits per heavy atom. The van der Waals surface area contributed by atoms with Crippen LogP contribution in [0.4, 0.5) is 17.1 Å². The van der Waals surface area contributed by atoms with Crippen LogP contribution < -0.4 is 10.2 Å². The minimum atomic E-state index is -0.528. The number of non-ortho nitro benzene ring substituents is 1. The minimum Gasteiger partial charge on any atom is -0.368 e. The number of anilines is 2. The van der Waals surface area contributed by atoms with Crippen molar-refractivity contribution in [2.75, 3.05) is 36.4 Å². The molecule has 1 aliphatic rings. The van der Waals surface area contributed by atoms with E-state index in [1.165, 1.54) is 24.3 Å². The first-order valence-electron chi connectivity index (χ1n) is 9.16. The monoisotopic (exact) mass is 382 g/mol. The van der Waals surface area contributed by atoms with Crippen LogP contribution in [0.15, 0.2) is 48.5 Å². The molecule has 0 aromatic heterocycles. The third-order valence-electron chi connectivity index (χ3n) is 4.74. The van der Waals surface area contributed by atoms with Crippen LogP contribution in [0.2, 0.25) is 0 Å². The van der Waals surface area contributed by atoms with E-state index in [1.807, 2.05) is 24.0 Å². The molecule has 0 atom stereocenters. The Hall–Kier alpha value is -3.42. The second-order valence-corrected chi connectivity index (χ2v) is 6.53. The van der Waals surface area contributed by atoms with Gasteiger partial charge in [-0.05, 0) is 30.3 Å². The molecule has 1 heterocycles. The molecule has 2 aromatic rings. The fraction of sp³-hybridized carbons (Fsp3) is 0.300. The van der Waals surface area contributed by atoms with E-state index < -0.39 is 10.8 Å². The Morgan fingerprint density at radius 3 is 2.36 bits per heavy atom. The first-order valence-corrected chi connectivity index (χ1v) is 9.16. The molecule has 28 heavy (non-hydrogen) atoms. The van der Waals surface area contributed by atoms with Crippen LogP contribution in [-0.4, -0.2) is 47.8 Å². The quantitative estimate of drug-likeness (QED) is 0.634. The van der Waals surface area contributed by atoms with E-state index in [0.29, 0.717) is 25.2 Å². The van der Waals surface area contributed by atoms with E-state index in [4.69, 9.17) is 0 Å². The highest BCUT2D eigenvalue weighted by Gasteiger charge is 2.20. The first-order chi connectivity index (χ1) is 13.5. The molecule has 2 amide bonds. The van der Waals surface area contributed by atoms with Crippen molar-refractivity contribution in [3.05, 3.63) is 64.2 Å². The van der Waals surface area contributed by atoms with Gasteiger partial charge in [-0.1, -0.05) is 13.0 Å². The van der Waals surface area contributed by atoms with Gasteiger partial charge in [0, 0.05) is 61.7 Å². The summed E-state index contributed by atoms with van der Waals surface area (Å²) in [5.74, 6) is -0.220. The predicted octanol–water partition coefficient (Wildman–Crippen LogP) is 2.91. The lowest BCUT2D eigenvalue weighted by Crippen LogP contribution is -2.48. The Bertz CT molecular complexity index is 874. The van der Waals surface area contributed by atoms with Gasteiger partial charge in [0.15, 0.2) is 0 Å². The smallest absolute Gasteiger partial charge is 0.270 e.